The molecular weight excluding hydrogens is 372 g/mol. The van der Waals surface area contributed by atoms with Crippen molar-refractivity contribution in [2.45, 2.75) is 42.9 Å². The van der Waals surface area contributed by atoms with Crippen molar-refractivity contribution in [2.24, 2.45) is 0 Å². The number of hydrogen-bond acceptors (Lipinski definition) is 3. The van der Waals surface area contributed by atoms with Crippen LogP contribution in [0.2, 0.25) is 0 Å². The molecule has 2 N–H and O–H groups in total. The van der Waals surface area contributed by atoms with Gasteiger partial charge in [-0.2, -0.15) is 13.2 Å². The summed E-state index contributed by atoms with van der Waals surface area (Å²) in [6, 6.07) is 4.22. The lowest BCUT2D eigenvalue weighted by Crippen LogP contribution is -2.37. The van der Waals surface area contributed by atoms with E-state index in [-0.39, 0.29) is 36.3 Å². The molecule has 0 amide bonds. The zero-order valence-electron chi connectivity index (χ0n) is 12.7. The van der Waals surface area contributed by atoms with E-state index in [9.17, 15) is 26.0 Å². The molecule has 1 aromatic rings. The summed E-state index contributed by atoms with van der Waals surface area (Å²) in [5.74, 6) is 0. The van der Waals surface area contributed by atoms with Gasteiger partial charge in [0.1, 0.15) is 6.67 Å². The van der Waals surface area contributed by atoms with Gasteiger partial charge in [-0.25, -0.2) is 17.5 Å². The SMILES string of the molecule is Cl.O=S(=O)(NCCCC(F)(F)F)c1ccc2c(c1)CNC(CF)C2. The third kappa shape index (κ3) is 5.87. The van der Waals surface area contributed by atoms with Gasteiger partial charge >= 0.3 is 6.18 Å². The molecule has 10 heteroatoms. The summed E-state index contributed by atoms with van der Waals surface area (Å²) < 4.78 is 75.1. The van der Waals surface area contributed by atoms with Crippen molar-refractivity contribution in [1.29, 1.82) is 0 Å². The molecule has 1 unspecified atom stereocenters. The number of fused-ring (bicyclic) bond motifs is 1. The second-order valence-electron chi connectivity index (χ2n) is 5.48. The van der Waals surface area contributed by atoms with E-state index in [1.165, 1.54) is 12.1 Å². The summed E-state index contributed by atoms with van der Waals surface area (Å²) in [7, 11) is -3.85. The Labute approximate surface area is 144 Å². The summed E-state index contributed by atoms with van der Waals surface area (Å²) in [6.07, 6.45) is -5.16. The van der Waals surface area contributed by atoms with Crippen LogP contribution < -0.4 is 10.0 Å². The molecule has 1 aromatic carbocycles. The Morgan fingerprint density at radius 1 is 1.25 bits per heavy atom. The molecule has 1 atom stereocenters. The fraction of sp³-hybridized carbons (Fsp3) is 0.571. The van der Waals surface area contributed by atoms with Crippen LogP contribution >= 0.6 is 12.4 Å². The van der Waals surface area contributed by atoms with E-state index in [1.54, 1.807) is 6.07 Å². The number of nitrogens with one attached hydrogen (secondary N) is 2. The third-order valence-corrected chi connectivity index (χ3v) is 5.11. The molecule has 0 saturated heterocycles. The molecule has 1 aliphatic rings. The highest BCUT2D eigenvalue weighted by Gasteiger charge is 2.26. The first-order valence-electron chi connectivity index (χ1n) is 7.19. The standard InChI is InChI=1S/C14H18F4N2O2S.ClH/c15-8-12-6-10-2-3-13(7-11(10)9-19-12)23(21,22)20-5-1-4-14(16,17)18;/h2-3,7,12,19-20H,1,4-6,8-9H2;1H. The first kappa shape index (κ1) is 21.1. The molecule has 0 radical (unpaired) electrons. The number of rotatable bonds is 6. The van der Waals surface area contributed by atoms with Gasteiger partial charge < -0.3 is 5.32 Å². The zero-order valence-corrected chi connectivity index (χ0v) is 14.3. The van der Waals surface area contributed by atoms with Gasteiger partial charge in [0.2, 0.25) is 10.0 Å². The quantitative estimate of drug-likeness (QED) is 0.580. The normalized spacial score (nSPS) is 17.9. The van der Waals surface area contributed by atoms with E-state index in [0.717, 1.165) is 11.1 Å². The predicted octanol–water partition coefficient (Wildman–Crippen LogP) is 2.71. The van der Waals surface area contributed by atoms with Gasteiger partial charge in [0.25, 0.3) is 0 Å². The highest BCUT2D eigenvalue weighted by molar-refractivity contribution is 7.89. The summed E-state index contributed by atoms with van der Waals surface area (Å²) in [4.78, 5) is 0.00348. The van der Waals surface area contributed by atoms with Crippen molar-refractivity contribution in [2.75, 3.05) is 13.2 Å². The molecule has 24 heavy (non-hydrogen) atoms. The first-order valence-corrected chi connectivity index (χ1v) is 8.67. The van der Waals surface area contributed by atoms with E-state index in [0.29, 0.717) is 13.0 Å². The lowest BCUT2D eigenvalue weighted by molar-refractivity contribution is -0.135. The molecule has 1 heterocycles. The largest absolute Gasteiger partial charge is 0.389 e. The smallest absolute Gasteiger partial charge is 0.307 e. The maximum absolute atomic E-state index is 12.6. The van der Waals surface area contributed by atoms with Gasteiger partial charge in [0.05, 0.1) is 4.90 Å². The van der Waals surface area contributed by atoms with Crippen LogP contribution in [0, 0.1) is 0 Å². The third-order valence-electron chi connectivity index (χ3n) is 3.65. The molecule has 0 aliphatic carbocycles. The van der Waals surface area contributed by atoms with Crippen LogP contribution in [0.15, 0.2) is 23.1 Å². The van der Waals surface area contributed by atoms with E-state index >= 15 is 0 Å². The minimum atomic E-state index is -4.30. The van der Waals surface area contributed by atoms with E-state index < -0.39 is 29.3 Å². The van der Waals surface area contributed by atoms with Crippen LogP contribution in [0.25, 0.3) is 0 Å². The lowest BCUT2D eigenvalue weighted by atomic mass is 9.96. The Hall–Kier alpha value is -0.900. The minimum Gasteiger partial charge on any atom is -0.307 e. The maximum Gasteiger partial charge on any atom is 0.389 e. The highest BCUT2D eigenvalue weighted by atomic mass is 35.5. The topological polar surface area (TPSA) is 58.2 Å². The number of benzene rings is 1. The molecule has 0 spiro atoms. The van der Waals surface area contributed by atoms with Gasteiger partial charge in [-0.15, -0.1) is 12.4 Å². The minimum absolute atomic E-state index is 0. The Morgan fingerprint density at radius 3 is 2.58 bits per heavy atom. The molecule has 138 valence electrons. The van der Waals surface area contributed by atoms with Gasteiger partial charge in [0, 0.05) is 25.6 Å². The van der Waals surface area contributed by atoms with E-state index in [2.05, 4.69) is 10.0 Å². The van der Waals surface area contributed by atoms with Crippen LogP contribution in [0.3, 0.4) is 0 Å². The summed E-state index contributed by atoms with van der Waals surface area (Å²) >= 11 is 0. The van der Waals surface area contributed by atoms with Gasteiger partial charge in [-0.05, 0) is 36.1 Å². The molecule has 4 nitrogen and oxygen atoms in total. The Balaban J connectivity index is 0.00000288. The van der Waals surface area contributed by atoms with E-state index in [4.69, 9.17) is 0 Å². The lowest BCUT2D eigenvalue weighted by Gasteiger charge is -2.24. The van der Waals surface area contributed by atoms with Crippen molar-refractivity contribution >= 4 is 22.4 Å². The van der Waals surface area contributed by atoms with Gasteiger partial charge in [0.15, 0.2) is 0 Å². The Kier molecular flexibility index (Phi) is 7.45. The maximum atomic E-state index is 12.6. The number of hydrogen-bond donors (Lipinski definition) is 2. The number of halogens is 5. The van der Waals surface area contributed by atoms with Crippen molar-refractivity contribution < 1.29 is 26.0 Å². The van der Waals surface area contributed by atoms with Crippen LogP contribution in [-0.2, 0) is 23.0 Å². The summed E-state index contributed by atoms with van der Waals surface area (Å²) in [6.45, 7) is -0.414. The fourth-order valence-corrected chi connectivity index (χ4v) is 3.54. The second-order valence-corrected chi connectivity index (χ2v) is 7.25. The van der Waals surface area contributed by atoms with Crippen molar-refractivity contribution in [1.82, 2.24) is 10.0 Å². The van der Waals surface area contributed by atoms with Crippen LogP contribution in [0.1, 0.15) is 24.0 Å². The molecule has 0 saturated carbocycles. The van der Waals surface area contributed by atoms with Crippen molar-refractivity contribution in [3.05, 3.63) is 29.3 Å². The monoisotopic (exact) mass is 390 g/mol. The number of sulfonamides is 1. The van der Waals surface area contributed by atoms with Crippen LogP contribution in [-0.4, -0.2) is 33.9 Å². The van der Waals surface area contributed by atoms with Crippen molar-refractivity contribution in [3.8, 4) is 0 Å². The molecule has 2 rings (SSSR count). The van der Waals surface area contributed by atoms with Gasteiger partial charge in [-0.1, -0.05) is 6.07 Å². The van der Waals surface area contributed by atoms with E-state index in [1.807, 2.05) is 0 Å². The average molecular weight is 391 g/mol. The summed E-state index contributed by atoms with van der Waals surface area (Å²) in [5.41, 5.74) is 1.63. The highest BCUT2D eigenvalue weighted by Crippen LogP contribution is 2.22. The fourth-order valence-electron chi connectivity index (χ4n) is 2.41. The van der Waals surface area contributed by atoms with Gasteiger partial charge in [-0.3, -0.25) is 0 Å². The molecular formula is C14H19ClF4N2O2S. The Morgan fingerprint density at radius 2 is 1.96 bits per heavy atom. The first-order chi connectivity index (χ1) is 10.7. The van der Waals surface area contributed by atoms with Crippen LogP contribution in [0.5, 0.6) is 0 Å². The van der Waals surface area contributed by atoms with Crippen molar-refractivity contribution in [3.63, 3.8) is 0 Å². The predicted molar refractivity (Wildman–Crippen MR) is 84.5 cm³/mol. The summed E-state index contributed by atoms with van der Waals surface area (Å²) in [5, 5.41) is 2.96. The molecule has 0 aromatic heterocycles. The zero-order chi connectivity index (χ0) is 17.1. The average Bonchev–Trinajstić information content (AvgIpc) is 2.49. The Bertz CT molecular complexity index is 653. The molecule has 0 bridgehead atoms. The molecule has 1 aliphatic heterocycles. The molecule has 0 fully saturated rings. The van der Waals surface area contributed by atoms with Crippen LogP contribution in [0.4, 0.5) is 17.6 Å². The number of alkyl halides is 4. The second kappa shape index (κ2) is 8.46.